The molecule has 104 valence electrons. The van der Waals surface area contributed by atoms with Crippen molar-refractivity contribution in [3.05, 3.63) is 21.7 Å². The summed E-state index contributed by atoms with van der Waals surface area (Å²) in [7, 11) is 0.926. The van der Waals surface area contributed by atoms with Crippen molar-refractivity contribution in [1.29, 1.82) is 0 Å². The molecule has 0 N–H and O–H groups in total. The summed E-state index contributed by atoms with van der Waals surface area (Å²) in [6.45, 7) is 0. The Labute approximate surface area is 108 Å². The average Bonchev–Trinajstić information content (AvgIpc) is 2.24. The van der Waals surface area contributed by atoms with E-state index in [4.69, 9.17) is 11.6 Å². The summed E-state index contributed by atoms with van der Waals surface area (Å²) in [4.78, 5) is 23.8. The molecule has 1 rings (SSSR count). The molecule has 0 spiro atoms. The quantitative estimate of drug-likeness (QED) is 0.481. The Morgan fingerprint density at radius 1 is 1.53 bits per heavy atom. The molecule has 1 aromatic rings. The Hall–Kier alpha value is -2.10. The van der Waals surface area contributed by atoms with E-state index in [0.717, 1.165) is 7.11 Å². The number of rotatable bonds is 4. The van der Waals surface area contributed by atoms with E-state index in [2.05, 4.69) is 14.5 Å². The minimum Gasteiger partial charge on any atom is -0.476 e. The zero-order valence-corrected chi connectivity index (χ0v) is 9.78. The highest BCUT2D eigenvalue weighted by atomic mass is 35.5. The van der Waals surface area contributed by atoms with E-state index < -0.39 is 39.5 Å². The number of methoxy groups -OCH3 is 1. The van der Waals surface area contributed by atoms with Crippen LogP contribution in [0, 0.1) is 10.1 Å². The first-order valence-corrected chi connectivity index (χ1v) is 4.72. The molecule has 0 aromatic carbocycles. The molecule has 0 aliphatic carbocycles. The van der Waals surface area contributed by atoms with Gasteiger partial charge in [-0.15, -0.1) is 13.2 Å². The third-order valence-corrected chi connectivity index (χ3v) is 1.95. The van der Waals surface area contributed by atoms with Gasteiger partial charge in [0.25, 0.3) is 11.1 Å². The minimum absolute atomic E-state index is 0.406. The highest BCUT2D eigenvalue weighted by molar-refractivity contribution is 6.68. The van der Waals surface area contributed by atoms with Crippen LogP contribution in [-0.2, 0) is 0 Å². The summed E-state index contributed by atoms with van der Waals surface area (Å²) in [5.41, 5.74) is -1.77. The van der Waals surface area contributed by atoms with Gasteiger partial charge in [-0.2, -0.15) is 4.98 Å². The molecule has 0 saturated carbocycles. The number of aromatic nitrogens is 1. The van der Waals surface area contributed by atoms with E-state index in [9.17, 15) is 28.1 Å². The molecule has 0 bridgehead atoms. The fourth-order valence-corrected chi connectivity index (χ4v) is 1.28. The second-order valence-electron chi connectivity index (χ2n) is 2.94. The second kappa shape index (κ2) is 5.26. The molecular weight excluding hydrogens is 297 g/mol. The van der Waals surface area contributed by atoms with Crippen molar-refractivity contribution in [3.63, 3.8) is 0 Å². The first-order valence-electron chi connectivity index (χ1n) is 4.34. The van der Waals surface area contributed by atoms with E-state index in [1.165, 1.54) is 0 Å². The molecular formula is C8H4ClF3N2O5. The van der Waals surface area contributed by atoms with Crippen molar-refractivity contribution < 1.29 is 32.4 Å². The monoisotopic (exact) mass is 300 g/mol. The standard InChI is InChI=1S/C8H4ClF3N2O5/c1-18-7-5(14(16)17)3(6(9)15)2-4(13-7)19-8(10,11)12/h2H,1H3. The number of carbonyl (C=O) groups excluding carboxylic acids is 1. The van der Waals surface area contributed by atoms with Crippen LogP contribution in [-0.4, -0.2) is 28.6 Å². The van der Waals surface area contributed by atoms with Crippen molar-refractivity contribution in [2.45, 2.75) is 6.36 Å². The SMILES string of the molecule is COc1nc(OC(F)(F)F)cc(C(=O)Cl)c1[N+](=O)[O-]. The molecule has 0 radical (unpaired) electrons. The predicted molar refractivity (Wildman–Crippen MR) is 54.3 cm³/mol. The summed E-state index contributed by atoms with van der Waals surface area (Å²) in [6, 6.07) is 0.406. The molecule has 0 saturated heterocycles. The number of hydrogen-bond acceptors (Lipinski definition) is 6. The molecule has 19 heavy (non-hydrogen) atoms. The Balaban J connectivity index is 3.45. The fraction of sp³-hybridized carbons (Fsp3) is 0.250. The van der Waals surface area contributed by atoms with Gasteiger partial charge in [0.15, 0.2) is 0 Å². The molecule has 11 heteroatoms. The molecule has 0 aliphatic heterocycles. The van der Waals surface area contributed by atoms with Crippen LogP contribution in [0.2, 0.25) is 0 Å². The van der Waals surface area contributed by atoms with Gasteiger partial charge in [0.2, 0.25) is 5.88 Å². The highest BCUT2D eigenvalue weighted by Crippen LogP contribution is 2.34. The molecule has 0 fully saturated rings. The second-order valence-corrected chi connectivity index (χ2v) is 3.29. The van der Waals surface area contributed by atoms with Crippen LogP contribution in [0.4, 0.5) is 18.9 Å². The van der Waals surface area contributed by atoms with Crippen molar-refractivity contribution in [2.24, 2.45) is 0 Å². The summed E-state index contributed by atoms with van der Waals surface area (Å²) in [5.74, 6) is -1.92. The lowest BCUT2D eigenvalue weighted by Crippen LogP contribution is -2.18. The Morgan fingerprint density at radius 3 is 2.47 bits per heavy atom. The number of nitrogens with zero attached hydrogens (tertiary/aromatic N) is 2. The zero-order chi connectivity index (χ0) is 14.8. The van der Waals surface area contributed by atoms with Crippen molar-refractivity contribution in [1.82, 2.24) is 4.98 Å². The van der Waals surface area contributed by atoms with Crippen LogP contribution in [0.1, 0.15) is 10.4 Å². The van der Waals surface area contributed by atoms with E-state index in [1.54, 1.807) is 0 Å². The third-order valence-electron chi connectivity index (χ3n) is 1.75. The lowest BCUT2D eigenvalue weighted by Gasteiger charge is -2.10. The van der Waals surface area contributed by atoms with Gasteiger partial charge in [0, 0.05) is 6.07 Å². The Kier molecular flexibility index (Phi) is 4.14. The van der Waals surface area contributed by atoms with Crippen LogP contribution in [0.15, 0.2) is 6.07 Å². The van der Waals surface area contributed by atoms with E-state index >= 15 is 0 Å². The van der Waals surface area contributed by atoms with Gasteiger partial charge in [-0.25, -0.2) is 0 Å². The van der Waals surface area contributed by atoms with Crippen molar-refractivity contribution in [2.75, 3.05) is 7.11 Å². The molecule has 1 heterocycles. The van der Waals surface area contributed by atoms with Crippen molar-refractivity contribution in [3.8, 4) is 11.8 Å². The minimum atomic E-state index is -5.08. The zero-order valence-electron chi connectivity index (χ0n) is 9.02. The number of ether oxygens (including phenoxy) is 2. The average molecular weight is 301 g/mol. The molecule has 1 aromatic heterocycles. The molecule has 0 aliphatic rings. The van der Waals surface area contributed by atoms with Gasteiger partial charge in [-0.1, -0.05) is 0 Å². The van der Waals surface area contributed by atoms with E-state index in [1.807, 2.05) is 0 Å². The number of carbonyl (C=O) groups is 1. The fourth-order valence-electron chi connectivity index (χ4n) is 1.13. The van der Waals surface area contributed by atoms with Crippen LogP contribution in [0.3, 0.4) is 0 Å². The van der Waals surface area contributed by atoms with E-state index in [-0.39, 0.29) is 0 Å². The number of halogens is 4. The third kappa shape index (κ3) is 3.68. The van der Waals surface area contributed by atoms with Gasteiger partial charge in [0.05, 0.1) is 12.0 Å². The number of alkyl halides is 3. The summed E-state index contributed by atoms with van der Waals surface area (Å²) >= 11 is 5.06. The van der Waals surface area contributed by atoms with Gasteiger partial charge < -0.3 is 9.47 Å². The normalized spacial score (nSPS) is 11.0. The van der Waals surface area contributed by atoms with Gasteiger partial charge >= 0.3 is 12.0 Å². The molecule has 0 unspecified atom stereocenters. The lowest BCUT2D eigenvalue weighted by atomic mass is 10.2. The number of pyridine rings is 1. The van der Waals surface area contributed by atoms with Gasteiger partial charge in [-0.05, 0) is 11.6 Å². The Morgan fingerprint density at radius 2 is 2.11 bits per heavy atom. The first-order chi connectivity index (χ1) is 8.65. The summed E-state index contributed by atoms with van der Waals surface area (Å²) in [5, 5.41) is 9.37. The maximum atomic E-state index is 12.0. The topological polar surface area (TPSA) is 91.6 Å². The highest BCUT2D eigenvalue weighted by Gasteiger charge is 2.35. The number of nitro groups is 1. The van der Waals surface area contributed by atoms with E-state index in [0.29, 0.717) is 6.07 Å². The summed E-state index contributed by atoms with van der Waals surface area (Å²) < 4.78 is 43.9. The molecule has 0 atom stereocenters. The summed E-state index contributed by atoms with van der Waals surface area (Å²) in [6.07, 6.45) is -5.08. The largest absolute Gasteiger partial charge is 0.574 e. The maximum absolute atomic E-state index is 12.0. The van der Waals surface area contributed by atoms with Crippen LogP contribution >= 0.6 is 11.6 Å². The Bertz CT molecular complexity index is 534. The van der Waals surface area contributed by atoms with Crippen LogP contribution < -0.4 is 9.47 Å². The molecule has 7 nitrogen and oxygen atoms in total. The number of hydrogen-bond donors (Lipinski definition) is 0. The smallest absolute Gasteiger partial charge is 0.476 e. The lowest BCUT2D eigenvalue weighted by molar-refractivity contribution is -0.386. The molecule has 0 amide bonds. The van der Waals surface area contributed by atoms with Gasteiger partial charge in [0.1, 0.15) is 5.56 Å². The maximum Gasteiger partial charge on any atom is 0.574 e. The predicted octanol–water partition coefficient (Wildman–Crippen LogP) is 2.28. The first kappa shape index (κ1) is 15.0. The van der Waals surface area contributed by atoms with Crippen LogP contribution in [0.25, 0.3) is 0 Å². The van der Waals surface area contributed by atoms with Gasteiger partial charge in [-0.3, -0.25) is 14.9 Å². The van der Waals surface area contributed by atoms with Crippen molar-refractivity contribution >= 4 is 22.5 Å². The van der Waals surface area contributed by atoms with Crippen LogP contribution in [0.5, 0.6) is 11.8 Å².